The van der Waals surface area contributed by atoms with E-state index in [1.165, 1.54) is 5.56 Å². The summed E-state index contributed by atoms with van der Waals surface area (Å²) in [5.74, 6) is 1.91. The van der Waals surface area contributed by atoms with Gasteiger partial charge in [0.05, 0.1) is 12.8 Å². The molecule has 0 saturated heterocycles. The zero-order valence-corrected chi connectivity index (χ0v) is 18.9. The molecule has 2 aromatic heterocycles. The third-order valence-corrected chi connectivity index (χ3v) is 5.15. The monoisotopic (exact) mass is 445 g/mol. The Morgan fingerprint density at radius 3 is 2.58 bits per heavy atom. The smallest absolute Gasteiger partial charge is 0.262 e. The van der Waals surface area contributed by atoms with Crippen molar-refractivity contribution in [1.29, 1.82) is 0 Å². The van der Waals surface area contributed by atoms with E-state index < -0.39 is 0 Å². The molecule has 4 aromatic rings. The van der Waals surface area contributed by atoms with Crippen molar-refractivity contribution >= 4 is 17.2 Å². The summed E-state index contributed by atoms with van der Waals surface area (Å²) in [5, 5.41) is 2.83. The van der Waals surface area contributed by atoms with Crippen LogP contribution in [0.25, 0.3) is 5.65 Å². The van der Waals surface area contributed by atoms with E-state index in [9.17, 15) is 4.79 Å². The number of hydrogen-bond donors (Lipinski definition) is 1. The largest absolute Gasteiger partial charge is 0.493 e. The molecular weight excluding hydrogens is 418 g/mol. The second-order valence-corrected chi connectivity index (χ2v) is 7.91. The molecule has 2 heterocycles. The number of pyridine rings is 1. The topological polar surface area (TPSA) is 74.1 Å². The van der Waals surface area contributed by atoms with Crippen molar-refractivity contribution < 1.29 is 19.0 Å². The molecule has 0 fully saturated rings. The summed E-state index contributed by atoms with van der Waals surface area (Å²) in [7, 11) is 1.57. The van der Waals surface area contributed by atoms with E-state index in [0.717, 1.165) is 11.3 Å². The maximum absolute atomic E-state index is 12.4. The highest BCUT2D eigenvalue weighted by Crippen LogP contribution is 2.31. The molecule has 0 atom stereocenters. The SMILES string of the molecule is COc1ccc(NC(=O)COc2ccc(C(C)C)cc2)cc1OCc1cn2ccccc2n1. The number of rotatable bonds is 9. The fourth-order valence-corrected chi connectivity index (χ4v) is 3.37. The van der Waals surface area contributed by atoms with Crippen LogP contribution >= 0.6 is 0 Å². The maximum atomic E-state index is 12.4. The predicted molar refractivity (Wildman–Crippen MR) is 127 cm³/mol. The van der Waals surface area contributed by atoms with Crippen LogP contribution in [0.2, 0.25) is 0 Å². The fourth-order valence-electron chi connectivity index (χ4n) is 3.37. The van der Waals surface area contributed by atoms with Gasteiger partial charge in [-0.15, -0.1) is 0 Å². The number of aromatic nitrogens is 2. The van der Waals surface area contributed by atoms with Gasteiger partial charge in [0, 0.05) is 24.1 Å². The highest BCUT2D eigenvalue weighted by molar-refractivity contribution is 5.92. The number of methoxy groups -OCH3 is 1. The number of hydrogen-bond acceptors (Lipinski definition) is 5. The number of anilines is 1. The second kappa shape index (κ2) is 10.1. The van der Waals surface area contributed by atoms with Gasteiger partial charge in [-0.25, -0.2) is 4.98 Å². The lowest BCUT2D eigenvalue weighted by Gasteiger charge is -2.13. The van der Waals surface area contributed by atoms with Gasteiger partial charge in [0.25, 0.3) is 5.91 Å². The molecule has 0 aliphatic heterocycles. The first-order valence-electron chi connectivity index (χ1n) is 10.8. The minimum absolute atomic E-state index is 0.0928. The lowest BCUT2D eigenvalue weighted by molar-refractivity contribution is -0.118. The Labute approximate surface area is 192 Å². The Morgan fingerprint density at radius 2 is 1.85 bits per heavy atom. The van der Waals surface area contributed by atoms with Crippen molar-refractivity contribution in [1.82, 2.24) is 9.38 Å². The molecule has 0 aliphatic rings. The molecule has 4 rings (SSSR count). The van der Waals surface area contributed by atoms with Crippen molar-refractivity contribution in [3.63, 3.8) is 0 Å². The molecule has 0 unspecified atom stereocenters. The Balaban J connectivity index is 1.36. The van der Waals surface area contributed by atoms with Gasteiger partial charge in [0.2, 0.25) is 0 Å². The van der Waals surface area contributed by atoms with Gasteiger partial charge in [-0.05, 0) is 47.9 Å². The minimum atomic E-state index is -0.264. The molecular formula is C26H27N3O4. The normalized spacial score (nSPS) is 10.9. The molecule has 7 nitrogen and oxygen atoms in total. The van der Waals surface area contributed by atoms with Crippen molar-refractivity contribution in [3.8, 4) is 17.2 Å². The van der Waals surface area contributed by atoms with E-state index in [4.69, 9.17) is 14.2 Å². The Hall–Kier alpha value is -4.00. The van der Waals surface area contributed by atoms with E-state index in [0.29, 0.717) is 28.9 Å². The molecule has 0 radical (unpaired) electrons. The molecule has 2 aromatic carbocycles. The number of imidazole rings is 1. The predicted octanol–water partition coefficient (Wildman–Crippen LogP) is 5.06. The van der Waals surface area contributed by atoms with Gasteiger partial charge < -0.3 is 23.9 Å². The number of benzene rings is 2. The van der Waals surface area contributed by atoms with Gasteiger partial charge in [-0.1, -0.05) is 32.0 Å². The Kier molecular flexibility index (Phi) is 6.78. The maximum Gasteiger partial charge on any atom is 0.262 e. The van der Waals surface area contributed by atoms with Crippen LogP contribution in [0, 0.1) is 0 Å². The first-order chi connectivity index (χ1) is 16.0. The Morgan fingerprint density at radius 1 is 1.03 bits per heavy atom. The van der Waals surface area contributed by atoms with Gasteiger partial charge in [0.1, 0.15) is 18.0 Å². The summed E-state index contributed by atoms with van der Waals surface area (Å²) >= 11 is 0. The molecule has 0 bridgehead atoms. The molecule has 1 N–H and O–H groups in total. The highest BCUT2D eigenvalue weighted by Gasteiger charge is 2.11. The van der Waals surface area contributed by atoms with Crippen LogP contribution < -0.4 is 19.5 Å². The summed E-state index contributed by atoms with van der Waals surface area (Å²) in [6, 6.07) is 18.8. The summed E-state index contributed by atoms with van der Waals surface area (Å²) < 4.78 is 18.9. The van der Waals surface area contributed by atoms with Crippen LogP contribution in [-0.2, 0) is 11.4 Å². The molecule has 1 amide bonds. The van der Waals surface area contributed by atoms with Gasteiger partial charge >= 0.3 is 0 Å². The number of amides is 1. The van der Waals surface area contributed by atoms with E-state index in [-0.39, 0.29) is 19.1 Å². The fraction of sp³-hybridized carbons (Fsp3) is 0.231. The summed E-state index contributed by atoms with van der Waals surface area (Å²) in [5.41, 5.74) is 3.45. The van der Waals surface area contributed by atoms with E-state index in [1.54, 1.807) is 25.3 Å². The molecule has 33 heavy (non-hydrogen) atoms. The number of fused-ring (bicyclic) bond motifs is 1. The highest BCUT2D eigenvalue weighted by atomic mass is 16.5. The zero-order valence-electron chi connectivity index (χ0n) is 18.9. The Bertz CT molecular complexity index is 1200. The number of nitrogens with zero attached hydrogens (tertiary/aromatic N) is 2. The van der Waals surface area contributed by atoms with Gasteiger partial charge in [-0.2, -0.15) is 0 Å². The van der Waals surface area contributed by atoms with Crippen LogP contribution in [0.4, 0.5) is 5.69 Å². The van der Waals surface area contributed by atoms with Gasteiger partial charge in [-0.3, -0.25) is 4.79 Å². The minimum Gasteiger partial charge on any atom is -0.493 e. The first-order valence-corrected chi connectivity index (χ1v) is 10.8. The summed E-state index contributed by atoms with van der Waals surface area (Å²) in [6.45, 7) is 4.44. The van der Waals surface area contributed by atoms with Crippen molar-refractivity contribution in [2.75, 3.05) is 19.0 Å². The third-order valence-electron chi connectivity index (χ3n) is 5.15. The number of nitrogens with one attached hydrogen (secondary N) is 1. The third kappa shape index (κ3) is 5.63. The second-order valence-electron chi connectivity index (χ2n) is 7.91. The standard InChI is InChI=1S/C26H27N3O4/c1-18(2)19-7-10-22(11-8-19)32-17-26(30)28-20-9-12-23(31-3)24(14-20)33-16-21-15-29-13-5-4-6-25(29)27-21/h4-15,18H,16-17H2,1-3H3,(H,28,30). The number of carbonyl (C=O) groups excluding carboxylic acids is 1. The number of carbonyl (C=O) groups is 1. The quantitative estimate of drug-likeness (QED) is 0.390. The molecule has 170 valence electrons. The lowest BCUT2D eigenvalue weighted by atomic mass is 10.0. The average molecular weight is 446 g/mol. The molecule has 0 aliphatic carbocycles. The summed E-state index contributed by atoms with van der Waals surface area (Å²) in [4.78, 5) is 16.9. The summed E-state index contributed by atoms with van der Waals surface area (Å²) in [6.07, 6.45) is 3.85. The molecule has 0 spiro atoms. The van der Waals surface area contributed by atoms with Crippen LogP contribution in [0.1, 0.15) is 31.0 Å². The lowest BCUT2D eigenvalue weighted by Crippen LogP contribution is -2.20. The average Bonchev–Trinajstić information content (AvgIpc) is 3.25. The first kappa shape index (κ1) is 22.2. The van der Waals surface area contributed by atoms with E-state index >= 15 is 0 Å². The van der Waals surface area contributed by atoms with Crippen LogP contribution in [0.15, 0.2) is 73.1 Å². The van der Waals surface area contributed by atoms with E-state index in [1.807, 2.05) is 59.3 Å². The van der Waals surface area contributed by atoms with E-state index in [2.05, 4.69) is 24.1 Å². The molecule has 0 saturated carbocycles. The van der Waals surface area contributed by atoms with Gasteiger partial charge in [0.15, 0.2) is 18.1 Å². The van der Waals surface area contributed by atoms with Crippen molar-refractivity contribution in [2.45, 2.75) is 26.4 Å². The number of ether oxygens (including phenoxy) is 3. The van der Waals surface area contributed by atoms with Crippen molar-refractivity contribution in [3.05, 3.63) is 84.3 Å². The van der Waals surface area contributed by atoms with Crippen LogP contribution in [-0.4, -0.2) is 29.0 Å². The van der Waals surface area contributed by atoms with Crippen LogP contribution in [0.5, 0.6) is 17.2 Å². The van der Waals surface area contributed by atoms with Crippen molar-refractivity contribution in [2.24, 2.45) is 0 Å². The van der Waals surface area contributed by atoms with Crippen LogP contribution in [0.3, 0.4) is 0 Å². The zero-order chi connectivity index (χ0) is 23.2. The molecule has 7 heteroatoms.